The first kappa shape index (κ1) is 24.4. The lowest BCUT2D eigenvalue weighted by Crippen LogP contribution is -2.36. The molecule has 7 nitrogen and oxygen atoms in total. The molecule has 2 atom stereocenters. The van der Waals surface area contributed by atoms with Crippen LogP contribution in [0.25, 0.3) is 11.0 Å². The molecule has 1 aromatic heterocycles. The predicted octanol–water partition coefficient (Wildman–Crippen LogP) is 5.40. The van der Waals surface area contributed by atoms with E-state index in [0.717, 1.165) is 36.8 Å². The molecule has 0 bridgehead atoms. The number of rotatable bonds is 9. The third kappa shape index (κ3) is 4.48. The van der Waals surface area contributed by atoms with E-state index < -0.39 is 6.04 Å². The minimum Gasteiger partial charge on any atom is -0.490 e. The smallest absolute Gasteiger partial charge is 0.291 e. The summed E-state index contributed by atoms with van der Waals surface area (Å²) in [5.74, 6) is 1.09. The van der Waals surface area contributed by atoms with Crippen LogP contribution in [0.3, 0.4) is 0 Å². The fourth-order valence-electron chi connectivity index (χ4n) is 5.09. The van der Waals surface area contributed by atoms with E-state index in [1.54, 1.807) is 11.0 Å². The maximum Gasteiger partial charge on any atom is 0.291 e. The molecule has 3 heterocycles. The number of hydrogen-bond acceptors (Lipinski definition) is 6. The number of ether oxygens (including phenoxy) is 3. The first-order valence-corrected chi connectivity index (χ1v) is 12.9. The Balaban J connectivity index is 1.63. The molecule has 36 heavy (non-hydrogen) atoms. The first-order valence-electron chi connectivity index (χ1n) is 12.9. The number of amides is 1. The van der Waals surface area contributed by atoms with Gasteiger partial charge in [-0.3, -0.25) is 9.59 Å². The SMILES string of the molecule is CCCCOc1ccc(C2c3c(oc4ccc(C)cc4c3=O)C(=O)N2CC2CCCO2)cc1OCC. The molecule has 1 amide bonds. The minimum absolute atomic E-state index is 0.0689. The van der Waals surface area contributed by atoms with Crippen LogP contribution in [0.15, 0.2) is 45.6 Å². The van der Waals surface area contributed by atoms with Crippen molar-refractivity contribution >= 4 is 16.9 Å². The van der Waals surface area contributed by atoms with Crippen LogP contribution in [0.1, 0.15) is 72.8 Å². The normalized spacial score (nSPS) is 19.2. The maximum absolute atomic E-state index is 13.8. The second kappa shape index (κ2) is 10.3. The standard InChI is InChI=1S/C29H33NO6/c1-4-6-13-35-23-12-10-19(16-24(23)33-5-2)26-25-27(31)21-15-18(3)9-11-22(21)36-28(25)29(32)30(26)17-20-8-7-14-34-20/h9-12,15-16,20,26H,4-8,13-14,17H2,1-3H3. The molecule has 2 aliphatic heterocycles. The molecule has 7 heteroatoms. The molecule has 0 spiro atoms. The number of benzene rings is 2. The fraction of sp³-hybridized carbons (Fsp3) is 0.448. The van der Waals surface area contributed by atoms with Gasteiger partial charge in [0.15, 0.2) is 16.9 Å². The molecule has 0 radical (unpaired) electrons. The second-order valence-corrected chi connectivity index (χ2v) is 9.51. The van der Waals surface area contributed by atoms with Crippen LogP contribution >= 0.6 is 0 Å². The number of unbranched alkanes of at least 4 members (excludes halogenated alkanes) is 1. The van der Waals surface area contributed by atoms with Gasteiger partial charge >= 0.3 is 0 Å². The Kier molecular flexibility index (Phi) is 7.01. The van der Waals surface area contributed by atoms with E-state index in [4.69, 9.17) is 18.6 Å². The zero-order chi connectivity index (χ0) is 25.2. The third-order valence-electron chi connectivity index (χ3n) is 6.88. The van der Waals surface area contributed by atoms with Gasteiger partial charge in [-0.15, -0.1) is 0 Å². The van der Waals surface area contributed by atoms with Gasteiger partial charge in [-0.05, 0) is 62.9 Å². The quantitative estimate of drug-likeness (QED) is 0.373. The van der Waals surface area contributed by atoms with Crippen LogP contribution in [0.2, 0.25) is 0 Å². The number of carbonyl (C=O) groups is 1. The van der Waals surface area contributed by atoms with Gasteiger partial charge in [-0.1, -0.05) is 31.0 Å². The summed E-state index contributed by atoms with van der Waals surface area (Å²) in [4.78, 5) is 29.2. The number of nitrogens with zero attached hydrogens (tertiary/aromatic N) is 1. The Labute approximate surface area is 210 Å². The number of hydrogen-bond donors (Lipinski definition) is 0. The van der Waals surface area contributed by atoms with Gasteiger partial charge in [0.2, 0.25) is 5.76 Å². The Morgan fingerprint density at radius 2 is 1.92 bits per heavy atom. The van der Waals surface area contributed by atoms with Crippen LogP contribution < -0.4 is 14.9 Å². The molecule has 2 aliphatic rings. The molecule has 3 aromatic rings. The topological polar surface area (TPSA) is 78.2 Å². The Bertz CT molecular complexity index is 1320. The van der Waals surface area contributed by atoms with Crippen LogP contribution in [-0.4, -0.2) is 43.3 Å². The molecule has 0 saturated carbocycles. The van der Waals surface area contributed by atoms with Crippen molar-refractivity contribution in [1.29, 1.82) is 0 Å². The first-order chi connectivity index (χ1) is 17.5. The van der Waals surface area contributed by atoms with Crippen LogP contribution in [0, 0.1) is 6.92 Å². The Morgan fingerprint density at radius 3 is 2.67 bits per heavy atom. The highest BCUT2D eigenvalue weighted by Gasteiger charge is 2.44. The van der Waals surface area contributed by atoms with Crippen molar-refractivity contribution in [3.05, 3.63) is 69.1 Å². The summed E-state index contributed by atoms with van der Waals surface area (Å²) in [6, 6.07) is 10.5. The van der Waals surface area contributed by atoms with Crippen molar-refractivity contribution in [2.45, 2.75) is 58.6 Å². The predicted molar refractivity (Wildman–Crippen MR) is 137 cm³/mol. The van der Waals surface area contributed by atoms with E-state index in [2.05, 4.69) is 6.92 Å². The summed E-state index contributed by atoms with van der Waals surface area (Å²) < 4.78 is 23.8. The van der Waals surface area contributed by atoms with Gasteiger partial charge in [-0.2, -0.15) is 0 Å². The lowest BCUT2D eigenvalue weighted by molar-refractivity contribution is 0.0486. The maximum atomic E-state index is 13.8. The highest BCUT2D eigenvalue weighted by molar-refractivity contribution is 5.99. The average Bonchev–Trinajstić information content (AvgIpc) is 3.48. The van der Waals surface area contributed by atoms with Gasteiger partial charge in [0, 0.05) is 13.2 Å². The molecule has 0 aliphatic carbocycles. The van der Waals surface area contributed by atoms with Crippen LogP contribution in [0.5, 0.6) is 11.5 Å². The number of fused-ring (bicyclic) bond motifs is 2. The number of aryl methyl sites for hydroxylation is 1. The van der Waals surface area contributed by atoms with E-state index >= 15 is 0 Å². The van der Waals surface area contributed by atoms with Gasteiger partial charge in [0.05, 0.1) is 36.3 Å². The summed E-state index contributed by atoms with van der Waals surface area (Å²) in [5.41, 5.74) is 2.36. The monoisotopic (exact) mass is 491 g/mol. The van der Waals surface area contributed by atoms with Crippen LogP contribution in [0.4, 0.5) is 0 Å². The molecule has 1 fully saturated rings. The molecule has 2 aromatic carbocycles. The highest BCUT2D eigenvalue weighted by atomic mass is 16.5. The summed E-state index contributed by atoms with van der Waals surface area (Å²) in [6.45, 7) is 8.11. The second-order valence-electron chi connectivity index (χ2n) is 9.51. The summed E-state index contributed by atoms with van der Waals surface area (Å²) >= 11 is 0. The average molecular weight is 492 g/mol. The zero-order valence-electron chi connectivity index (χ0n) is 21.2. The van der Waals surface area contributed by atoms with Crippen molar-refractivity contribution in [3.63, 3.8) is 0 Å². The molecule has 5 rings (SSSR count). The van der Waals surface area contributed by atoms with Crippen molar-refractivity contribution < 1.29 is 23.4 Å². The fourth-order valence-corrected chi connectivity index (χ4v) is 5.09. The van der Waals surface area contributed by atoms with Crippen molar-refractivity contribution in [1.82, 2.24) is 4.90 Å². The van der Waals surface area contributed by atoms with Gasteiger partial charge in [0.25, 0.3) is 5.91 Å². The van der Waals surface area contributed by atoms with Gasteiger partial charge in [-0.25, -0.2) is 0 Å². The van der Waals surface area contributed by atoms with Gasteiger partial charge < -0.3 is 23.5 Å². The zero-order valence-corrected chi connectivity index (χ0v) is 21.2. The van der Waals surface area contributed by atoms with Crippen molar-refractivity contribution in [2.75, 3.05) is 26.4 Å². The van der Waals surface area contributed by atoms with Crippen LogP contribution in [-0.2, 0) is 4.74 Å². The molecular formula is C29H33NO6. The minimum atomic E-state index is -0.596. The Hall–Kier alpha value is -3.32. The van der Waals surface area contributed by atoms with Crippen molar-refractivity contribution in [3.8, 4) is 11.5 Å². The third-order valence-corrected chi connectivity index (χ3v) is 6.88. The van der Waals surface area contributed by atoms with Gasteiger partial charge in [0.1, 0.15) is 5.58 Å². The van der Waals surface area contributed by atoms with E-state index in [1.807, 2.05) is 44.2 Å². The van der Waals surface area contributed by atoms with E-state index in [9.17, 15) is 9.59 Å². The molecule has 190 valence electrons. The molecule has 0 N–H and O–H groups in total. The van der Waals surface area contributed by atoms with E-state index in [0.29, 0.717) is 54.4 Å². The highest BCUT2D eigenvalue weighted by Crippen LogP contribution is 2.41. The van der Waals surface area contributed by atoms with E-state index in [1.165, 1.54) is 0 Å². The molecular weight excluding hydrogens is 458 g/mol. The molecule has 2 unspecified atom stereocenters. The lowest BCUT2D eigenvalue weighted by Gasteiger charge is -2.28. The Morgan fingerprint density at radius 1 is 1.06 bits per heavy atom. The van der Waals surface area contributed by atoms with Crippen molar-refractivity contribution in [2.24, 2.45) is 0 Å². The molecule has 1 saturated heterocycles. The summed E-state index contributed by atoms with van der Waals surface area (Å²) in [6.07, 6.45) is 3.75. The lowest BCUT2D eigenvalue weighted by atomic mass is 9.97. The summed E-state index contributed by atoms with van der Waals surface area (Å²) in [5, 5.41) is 0.482. The largest absolute Gasteiger partial charge is 0.490 e. The number of carbonyl (C=O) groups excluding carboxylic acids is 1. The van der Waals surface area contributed by atoms with E-state index in [-0.39, 0.29) is 23.2 Å². The summed E-state index contributed by atoms with van der Waals surface area (Å²) in [7, 11) is 0.